The van der Waals surface area contributed by atoms with Gasteiger partial charge >= 0.3 is 0 Å². The molecule has 2 atom stereocenters. The van der Waals surface area contributed by atoms with Crippen LogP contribution in [-0.4, -0.2) is 53.8 Å². The van der Waals surface area contributed by atoms with Crippen molar-refractivity contribution in [2.75, 3.05) is 26.3 Å². The van der Waals surface area contributed by atoms with Crippen LogP contribution in [0.1, 0.15) is 42.1 Å². The highest BCUT2D eigenvalue weighted by atomic mass is 79.9. The SMILES string of the molecule is [N-]=[N+]=Nc1ccccc1C[C@]1(C(=O)NN2CCCC2)N=C(c2ccc(OCCCO)cc2)O[C@H]1c1ccc(Br)cc1. The van der Waals surface area contributed by atoms with Crippen molar-refractivity contribution in [2.24, 2.45) is 10.1 Å². The molecule has 2 aliphatic heterocycles. The maximum atomic E-state index is 14.3. The molecular weight excluding hydrogens is 588 g/mol. The molecule has 3 aromatic carbocycles. The number of nitrogens with one attached hydrogen (secondary N) is 1. The third kappa shape index (κ3) is 6.55. The standard InChI is InChI=1S/C30H31BrN6O4/c31-24-12-8-21(9-13-24)27-30(29(39)35-37-16-3-4-17-37,20-23-6-1-2-7-26(23)34-36-32)33-28(41-27)22-10-14-25(15-11-22)40-19-5-18-38/h1-2,6-15,27,38H,3-5,16-20H2,(H,35,39)/t27-,30-/m0/s1. The average Bonchev–Trinajstić information content (AvgIpc) is 3.64. The van der Waals surface area contributed by atoms with Crippen molar-refractivity contribution in [3.05, 3.63) is 104 Å². The third-order valence-corrected chi connectivity index (χ3v) is 7.70. The molecule has 0 saturated carbocycles. The van der Waals surface area contributed by atoms with Crippen LogP contribution in [0.4, 0.5) is 5.69 Å². The Morgan fingerprint density at radius 1 is 1.15 bits per heavy atom. The molecule has 1 saturated heterocycles. The molecule has 2 aliphatic rings. The summed E-state index contributed by atoms with van der Waals surface area (Å²) in [6.45, 7) is 1.98. The molecule has 0 radical (unpaired) electrons. The number of rotatable bonds is 11. The summed E-state index contributed by atoms with van der Waals surface area (Å²) >= 11 is 3.50. The molecule has 0 aliphatic carbocycles. The number of carbonyl (C=O) groups is 1. The number of hydrogen-bond acceptors (Lipinski definition) is 7. The lowest BCUT2D eigenvalue weighted by atomic mass is 9.81. The Morgan fingerprint density at radius 3 is 2.59 bits per heavy atom. The molecule has 11 heteroatoms. The van der Waals surface area contributed by atoms with Crippen LogP contribution >= 0.6 is 15.9 Å². The number of aliphatic hydroxyl groups is 1. The molecule has 1 fully saturated rings. The van der Waals surface area contributed by atoms with E-state index in [2.05, 4.69) is 31.4 Å². The predicted octanol–water partition coefficient (Wildman–Crippen LogP) is 5.78. The molecule has 0 spiro atoms. The van der Waals surface area contributed by atoms with Crippen LogP contribution in [0.5, 0.6) is 5.75 Å². The molecule has 5 rings (SSSR count). The van der Waals surface area contributed by atoms with Crippen LogP contribution in [0.15, 0.2) is 87.4 Å². The number of hydrogen-bond donors (Lipinski definition) is 2. The summed E-state index contributed by atoms with van der Waals surface area (Å²) < 4.78 is 13.1. The van der Waals surface area contributed by atoms with Gasteiger partial charge in [0.05, 0.1) is 6.61 Å². The van der Waals surface area contributed by atoms with E-state index >= 15 is 0 Å². The van der Waals surface area contributed by atoms with Crippen LogP contribution in [-0.2, 0) is 16.0 Å². The Labute approximate surface area is 246 Å². The van der Waals surface area contributed by atoms with Gasteiger partial charge in [-0.25, -0.2) is 10.0 Å². The zero-order chi connectivity index (χ0) is 28.7. The smallest absolute Gasteiger partial charge is 0.266 e. The zero-order valence-electron chi connectivity index (χ0n) is 22.4. The summed E-state index contributed by atoms with van der Waals surface area (Å²) in [5, 5.41) is 14.8. The molecule has 41 heavy (non-hydrogen) atoms. The van der Waals surface area contributed by atoms with Crippen molar-refractivity contribution >= 4 is 33.4 Å². The molecule has 10 nitrogen and oxygen atoms in total. The molecule has 0 unspecified atom stereocenters. The van der Waals surface area contributed by atoms with Gasteiger partial charge in [0.1, 0.15) is 5.75 Å². The van der Waals surface area contributed by atoms with Crippen LogP contribution in [0, 0.1) is 0 Å². The first-order valence-electron chi connectivity index (χ1n) is 13.6. The van der Waals surface area contributed by atoms with E-state index in [1.165, 1.54) is 0 Å². The van der Waals surface area contributed by atoms with Crippen LogP contribution in [0.25, 0.3) is 10.4 Å². The van der Waals surface area contributed by atoms with Gasteiger partial charge in [-0.3, -0.25) is 10.2 Å². The maximum Gasteiger partial charge on any atom is 0.266 e. The lowest BCUT2D eigenvalue weighted by Gasteiger charge is -2.32. The number of ether oxygens (including phenoxy) is 2. The van der Waals surface area contributed by atoms with Gasteiger partial charge in [0.25, 0.3) is 5.91 Å². The molecule has 3 aromatic rings. The highest BCUT2D eigenvalue weighted by Crippen LogP contribution is 2.44. The summed E-state index contributed by atoms with van der Waals surface area (Å²) in [5.41, 5.74) is 13.5. The van der Waals surface area contributed by atoms with E-state index in [-0.39, 0.29) is 18.9 Å². The van der Waals surface area contributed by atoms with E-state index in [4.69, 9.17) is 19.6 Å². The van der Waals surface area contributed by atoms with E-state index in [1.54, 1.807) is 12.1 Å². The van der Waals surface area contributed by atoms with Gasteiger partial charge in [-0.05, 0) is 65.9 Å². The Balaban J connectivity index is 1.59. The largest absolute Gasteiger partial charge is 0.494 e. The van der Waals surface area contributed by atoms with Gasteiger partial charge in [-0.15, -0.1) is 0 Å². The first-order valence-corrected chi connectivity index (χ1v) is 14.4. The first-order chi connectivity index (χ1) is 20.0. The maximum absolute atomic E-state index is 14.3. The Hall–Kier alpha value is -3.89. The summed E-state index contributed by atoms with van der Waals surface area (Å²) in [5.74, 6) is 0.700. The monoisotopic (exact) mass is 618 g/mol. The van der Waals surface area contributed by atoms with E-state index in [9.17, 15) is 10.3 Å². The molecule has 1 amide bonds. The van der Waals surface area contributed by atoms with E-state index in [0.29, 0.717) is 41.5 Å². The number of azide groups is 1. The van der Waals surface area contributed by atoms with Crippen molar-refractivity contribution in [2.45, 2.75) is 37.3 Å². The quantitative estimate of drug-likeness (QED) is 0.122. The molecule has 0 aromatic heterocycles. The number of aliphatic hydroxyl groups excluding tert-OH is 1. The summed E-state index contributed by atoms with van der Waals surface area (Å²) in [4.78, 5) is 22.4. The van der Waals surface area contributed by atoms with Crippen molar-refractivity contribution in [1.29, 1.82) is 0 Å². The van der Waals surface area contributed by atoms with Crippen LogP contribution < -0.4 is 10.2 Å². The van der Waals surface area contributed by atoms with Crippen molar-refractivity contribution in [3.63, 3.8) is 0 Å². The van der Waals surface area contributed by atoms with Gasteiger partial charge in [-0.2, -0.15) is 0 Å². The molecule has 2 heterocycles. The van der Waals surface area contributed by atoms with Crippen molar-refractivity contribution in [1.82, 2.24) is 10.4 Å². The fourth-order valence-corrected chi connectivity index (χ4v) is 5.35. The average molecular weight is 620 g/mol. The number of hydrazine groups is 1. The lowest BCUT2D eigenvalue weighted by Crippen LogP contribution is -2.54. The van der Waals surface area contributed by atoms with E-state index in [1.807, 2.05) is 65.7 Å². The fourth-order valence-electron chi connectivity index (χ4n) is 5.09. The van der Waals surface area contributed by atoms with E-state index < -0.39 is 11.6 Å². The van der Waals surface area contributed by atoms with Crippen LogP contribution in [0.3, 0.4) is 0 Å². The van der Waals surface area contributed by atoms with Gasteiger partial charge in [0, 0.05) is 53.2 Å². The van der Waals surface area contributed by atoms with Crippen molar-refractivity contribution in [3.8, 4) is 5.75 Å². The number of halogens is 1. The van der Waals surface area contributed by atoms with Gasteiger partial charge in [0.2, 0.25) is 5.90 Å². The van der Waals surface area contributed by atoms with Gasteiger partial charge in [-0.1, -0.05) is 57.4 Å². The third-order valence-electron chi connectivity index (χ3n) is 7.17. The number of nitrogens with zero attached hydrogens (tertiary/aromatic N) is 5. The number of amides is 1. The Morgan fingerprint density at radius 2 is 1.88 bits per heavy atom. The molecule has 2 N–H and O–H groups in total. The molecule has 0 bridgehead atoms. The van der Waals surface area contributed by atoms with Crippen molar-refractivity contribution < 1.29 is 19.4 Å². The summed E-state index contributed by atoms with van der Waals surface area (Å²) in [6, 6.07) is 22.2. The minimum Gasteiger partial charge on any atom is -0.494 e. The summed E-state index contributed by atoms with van der Waals surface area (Å²) in [6.07, 6.45) is 1.93. The molecular formula is C30H31BrN6O4. The fraction of sp³-hybridized carbons (Fsp3) is 0.333. The second-order valence-electron chi connectivity index (χ2n) is 9.97. The van der Waals surface area contributed by atoms with Crippen LogP contribution in [0.2, 0.25) is 0 Å². The molecule has 212 valence electrons. The number of benzene rings is 3. The minimum atomic E-state index is -1.40. The topological polar surface area (TPSA) is 132 Å². The highest BCUT2D eigenvalue weighted by Gasteiger charge is 2.54. The van der Waals surface area contributed by atoms with E-state index in [0.717, 1.165) is 36.0 Å². The van der Waals surface area contributed by atoms with Gasteiger partial charge in [0.15, 0.2) is 11.6 Å². The predicted molar refractivity (Wildman–Crippen MR) is 159 cm³/mol. The second kappa shape index (κ2) is 13.2. The lowest BCUT2D eigenvalue weighted by molar-refractivity contribution is -0.133. The highest BCUT2D eigenvalue weighted by molar-refractivity contribution is 9.10. The Kier molecular flexibility index (Phi) is 9.21. The number of aliphatic imine (C=N–C) groups is 1. The Bertz CT molecular complexity index is 1440. The normalized spacial score (nSPS) is 20.1. The minimum absolute atomic E-state index is 0.0601. The number of carbonyl (C=O) groups excluding carboxylic acids is 1. The zero-order valence-corrected chi connectivity index (χ0v) is 24.0. The second-order valence-corrected chi connectivity index (χ2v) is 10.9. The summed E-state index contributed by atoms with van der Waals surface area (Å²) in [7, 11) is 0. The van der Waals surface area contributed by atoms with Gasteiger partial charge < -0.3 is 14.6 Å². The first kappa shape index (κ1) is 28.6.